The Kier molecular flexibility index (Phi) is 7.87. The molecule has 3 rings (SSSR count). The van der Waals surface area contributed by atoms with Crippen molar-refractivity contribution in [2.45, 2.75) is 33.2 Å². The predicted molar refractivity (Wildman–Crippen MR) is 124 cm³/mol. The third kappa shape index (κ3) is 5.60. The van der Waals surface area contributed by atoms with Crippen LogP contribution >= 0.6 is 0 Å². The van der Waals surface area contributed by atoms with E-state index in [0.29, 0.717) is 41.5 Å². The number of carbonyl (C=O) groups excluding carboxylic acids is 2. The summed E-state index contributed by atoms with van der Waals surface area (Å²) in [6.07, 6.45) is 3.97. The van der Waals surface area contributed by atoms with Crippen LogP contribution < -0.4 is 14.7 Å². The maximum absolute atomic E-state index is 13.6. The second-order valence-corrected chi connectivity index (χ2v) is 9.25. The van der Waals surface area contributed by atoms with Crippen molar-refractivity contribution in [3.8, 4) is 5.75 Å². The topological polar surface area (TPSA) is 87.0 Å². The lowest BCUT2D eigenvalue weighted by Gasteiger charge is -2.28. The number of ether oxygens (including phenoxy) is 1. The number of likely N-dealkylation sites (tertiary alicyclic amines) is 1. The summed E-state index contributed by atoms with van der Waals surface area (Å²) in [6.45, 7) is 7.76. The Morgan fingerprint density at radius 2 is 2.00 bits per heavy atom. The lowest BCUT2D eigenvalue weighted by Crippen LogP contribution is -3.05. The van der Waals surface area contributed by atoms with E-state index in [9.17, 15) is 14.7 Å². The van der Waals surface area contributed by atoms with E-state index in [1.165, 1.54) is 9.80 Å². The number of benzene rings is 1. The highest BCUT2D eigenvalue weighted by molar-refractivity contribution is 6.46. The monoisotopic (exact) mass is 451 g/mol. The maximum Gasteiger partial charge on any atom is 0.295 e. The number of quaternary nitrogens is 1. The van der Waals surface area contributed by atoms with Gasteiger partial charge in [-0.05, 0) is 47.7 Å². The van der Waals surface area contributed by atoms with E-state index in [-0.39, 0.29) is 5.57 Å². The molecule has 1 amide bonds. The SMILES string of the molecule is Cc1cc(OCC(C)C)ccc1C([O-])=C1C(=O)C(=O)N(CCC[NH+](C)C)C1c1cccnc1. The van der Waals surface area contributed by atoms with Gasteiger partial charge < -0.3 is 19.6 Å². The molecule has 0 aliphatic carbocycles. The minimum atomic E-state index is -0.736. The normalized spacial score (nSPS) is 17.9. The molecule has 1 atom stereocenters. The van der Waals surface area contributed by atoms with Crippen LogP contribution in [0, 0.1) is 12.8 Å². The fraction of sp³-hybridized carbons (Fsp3) is 0.423. The Morgan fingerprint density at radius 1 is 1.24 bits per heavy atom. The number of nitrogens with one attached hydrogen (secondary N) is 1. The van der Waals surface area contributed by atoms with Crippen LogP contribution in [0.15, 0.2) is 48.3 Å². The molecule has 7 nitrogen and oxygen atoms in total. The second-order valence-electron chi connectivity index (χ2n) is 9.25. The van der Waals surface area contributed by atoms with Crippen LogP contribution in [0.25, 0.3) is 5.76 Å². The number of Topliss-reactive ketones (excluding diaryl/α,β-unsaturated/α-hetero) is 1. The lowest BCUT2D eigenvalue weighted by atomic mass is 9.94. The van der Waals surface area contributed by atoms with Crippen molar-refractivity contribution in [3.05, 3.63) is 65.0 Å². The molecule has 1 fully saturated rings. The number of amides is 1. The number of hydrogen-bond acceptors (Lipinski definition) is 5. The van der Waals surface area contributed by atoms with Crippen LogP contribution in [0.4, 0.5) is 0 Å². The Bertz CT molecular complexity index is 1030. The van der Waals surface area contributed by atoms with Gasteiger partial charge in [-0.25, -0.2) is 0 Å². The van der Waals surface area contributed by atoms with Gasteiger partial charge in [-0.2, -0.15) is 0 Å². The Morgan fingerprint density at radius 3 is 2.61 bits per heavy atom. The number of carbonyl (C=O) groups is 2. The summed E-state index contributed by atoms with van der Waals surface area (Å²) in [5.74, 6) is -0.727. The van der Waals surface area contributed by atoms with E-state index in [0.717, 1.165) is 13.0 Å². The second kappa shape index (κ2) is 10.6. The van der Waals surface area contributed by atoms with E-state index in [2.05, 4.69) is 18.8 Å². The number of aryl methyl sites for hydroxylation is 1. The lowest BCUT2D eigenvalue weighted by molar-refractivity contribution is -0.858. The summed E-state index contributed by atoms with van der Waals surface area (Å²) in [7, 11) is 4.07. The van der Waals surface area contributed by atoms with Gasteiger partial charge in [0.05, 0.1) is 33.3 Å². The molecule has 1 N–H and O–H groups in total. The number of aromatic nitrogens is 1. The fourth-order valence-electron chi connectivity index (χ4n) is 3.98. The summed E-state index contributed by atoms with van der Waals surface area (Å²) < 4.78 is 5.76. The molecular formula is C26H33N3O4. The van der Waals surface area contributed by atoms with E-state index in [1.54, 1.807) is 42.7 Å². The molecule has 2 heterocycles. The largest absolute Gasteiger partial charge is 0.872 e. The number of hydrogen-bond donors (Lipinski definition) is 1. The summed E-state index contributed by atoms with van der Waals surface area (Å²) in [4.78, 5) is 33.0. The van der Waals surface area contributed by atoms with E-state index >= 15 is 0 Å². The van der Waals surface area contributed by atoms with Crippen molar-refractivity contribution in [1.29, 1.82) is 0 Å². The van der Waals surface area contributed by atoms with E-state index in [1.807, 2.05) is 21.0 Å². The molecule has 1 saturated heterocycles. The minimum absolute atomic E-state index is 0.0100. The van der Waals surface area contributed by atoms with Crippen molar-refractivity contribution in [2.24, 2.45) is 5.92 Å². The molecule has 1 aromatic carbocycles. The average Bonchev–Trinajstić information content (AvgIpc) is 3.02. The zero-order valence-corrected chi connectivity index (χ0v) is 20.1. The molecule has 1 aliphatic rings. The summed E-state index contributed by atoms with van der Waals surface area (Å²) >= 11 is 0. The minimum Gasteiger partial charge on any atom is -0.872 e. The van der Waals surface area contributed by atoms with Crippen LogP contribution in [0.3, 0.4) is 0 Å². The van der Waals surface area contributed by atoms with Crippen LogP contribution in [0.5, 0.6) is 5.75 Å². The molecule has 0 saturated carbocycles. The van der Waals surface area contributed by atoms with Crippen LogP contribution in [-0.4, -0.2) is 55.4 Å². The molecule has 1 unspecified atom stereocenters. The zero-order valence-electron chi connectivity index (χ0n) is 20.1. The molecular weight excluding hydrogens is 418 g/mol. The predicted octanol–water partition coefficient (Wildman–Crippen LogP) is 1.18. The molecule has 0 radical (unpaired) electrons. The van der Waals surface area contributed by atoms with Crippen molar-refractivity contribution in [1.82, 2.24) is 9.88 Å². The molecule has 33 heavy (non-hydrogen) atoms. The van der Waals surface area contributed by atoms with Crippen LogP contribution in [-0.2, 0) is 9.59 Å². The highest BCUT2D eigenvalue weighted by Crippen LogP contribution is 2.39. The first-order valence-corrected chi connectivity index (χ1v) is 11.4. The Labute approximate surface area is 195 Å². The van der Waals surface area contributed by atoms with Gasteiger partial charge in [0.1, 0.15) is 5.75 Å². The fourth-order valence-corrected chi connectivity index (χ4v) is 3.98. The van der Waals surface area contributed by atoms with Gasteiger partial charge in [0, 0.05) is 30.9 Å². The van der Waals surface area contributed by atoms with Crippen molar-refractivity contribution < 1.29 is 24.3 Å². The van der Waals surface area contributed by atoms with Crippen molar-refractivity contribution >= 4 is 17.4 Å². The average molecular weight is 452 g/mol. The van der Waals surface area contributed by atoms with Gasteiger partial charge in [-0.3, -0.25) is 14.6 Å². The quantitative estimate of drug-likeness (QED) is 0.352. The standard InChI is InChI=1S/C26H33N3O4/c1-17(2)16-33-20-9-10-21(18(3)14-20)24(30)22-23(19-8-6-11-27-15-19)29(26(32)25(22)31)13-7-12-28(4)5/h6,8-11,14-15,17,23,30H,7,12-13,16H2,1-5H3. The maximum atomic E-state index is 13.6. The van der Waals surface area contributed by atoms with E-state index < -0.39 is 23.5 Å². The van der Waals surface area contributed by atoms with Gasteiger partial charge in [-0.1, -0.05) is 31.7 Å². The number of nitrogens with zero attached hydrogens (tertiary/aromatic N) is 2. The molecule has 2 aromatic rings. The molecule has 0 bridgehead atoms. The summed E-state index contributed by atoms with van der Waals surface area (Å²) in [6, 6.07) is 8.03. The molecule has 7 heteroatoms. The molecule has 176 valence electrons. The van der Waals surface area contributed by atoms with Gasteiger partial charge in [-0.15, -0.1) is 0 Å². The first-order chi connectivity index (χ1) is 15.7. The highest BCUT2D eigenvalue weighted by Gasteiger charge is 2.44. The third-order valence-electron chi connectivity index (χ3n) is 5.63. The zero-order chi connectivity index (χ0) is 24.1. The number of ketones is 1. The first kappa shape index (κ1) is 24.5. The van der Waals surface area contributed by atoms with Crippen LogP contribution in [0.1, 0.15) is 43.0 Å². The molecule has 1 aromatic heterocycles. The molecule has 1 aliphatic heterocycles. The van der Waals surface area contributed by atoms with Gasteiger partial charge in [0.15, 0.2) is 0 Å². The van der Waals surface area contributed by atoms with Crippen molar-refractivity contribution in [2.75, 3.05) is 33.8 Å². The van der Waals surface area contributed by atoms with Gasteiger partial charge >= 0.3 is 0 Å². The number of pyridine rings is 1. The third-order valence-corrected chi connectivity index (χ3v) is 5.63. The Balaban J connectivity index is 2.02. The number of rotatable bonds is 9. The summed E-state index contributed by atoms with van der Waals surface area (Å²) in [5.41, 5.74) is 1.75. The van der Waals surface area contributed by atoms with Gasteiger partial charge in [0.2, 0.25) is 5.78 Å². The van der Waals surface area contributed by atoms with E-state index in [4.69, 9.17) is 4.74 Å². The smallest absolute Gasteiger partial charge is 0.295 e. The highest BCUT2D eigenvalue weighted by atomic mass is 16.5. The first-order valence-electron chi connectivity index (χ1n) is 11.4. The summed E-state index contributed by atoms with van der Waals surface area (Å²) in [5, 5.41) is 13.6. The Hall–Kier alpha value is -3.19. The van der Waals surface area contributed by atoms with Crippen molar-refractivity contribution in [3.63, 3.8) is 0 Å². The molecule has 0 spiro atoms. The van der Waals surface area contributed by atoms with Crippen LogP contribution in [0.2, 0.25) is 0 Å². The van der Waals surface area contributed by atoms with Gasteiger partial charge in [0.25, 0.3) is 5.91 Å².